The van der Waals surface area contributed by atoms with E-state index in [9.17, 15) is 18.4 Å². The highest BCUT2D eigenvalue weighted by molar-refractivity contribution is 5.98. The van der Waals surface area contributed by atoms with Crippen LogP contribution in [-0.4, -0.2) is 57.3 Å². The van der Waals surface area contributed by atoms with Gasteiger partial charge in [-0.2, -0.15) is 5.10 Å². The average Bonchev–Trinajstić information content (AvgIpc) is 3.70. The molecular weight excluding hydrogens is 550 g/mol. The molecule has 1 aliphatic carbocycles. The summed E-state index contributed by atoms with van der Waals surface area (Å²) in [5, 5.41) is 9.80. The smallest absolute Gasteiger partial charge is 0.250 e. The first-order valence-corrected chi connectivity index (χ1v) is 14.7. The SMILES string of the molecule is CC(=O)C(c1cccc(-c2ccc(NC(=O)/C=C/CN3CCC(F)(F)CC3)nc2)c1)C(C)C.Cc1cc(C2CC2)n[nH]1.N.[HH].[HH]. The number of hydrogen-bond donors (Lipinski definition) is 3. The highest BCUT2D eigenvalue weighted by Gasteiger charge is 2.33. The number of Topliss-reactive ketones (excluding diaryl/α,β-unsaturated/α-hetero) is 1. The lowest BCUT2D eigenvalue weighted by Crippen LogP contribution is -2.39. The Morgan fingerprint density at radius 2 is 1.86 bits per heavy atom. The summed E-state index contributed by atoms with van der Waals surface area (Å²) >= 11 is 0. The third kappa shape index (κ3) is 10.2. The van der Waals surface area contributed by atoms with Crippen LogP contribution in [0.3, 0.4) is 0 Å². The first kappa shape index (κ1) is 33.7. The third-order valence-electron chi connectivity index (χ3n) is 7.64. The average molecular weight is 599 g/mol. The molecule has 1 aliphatic heterocycles. The minimum absolute atomic E-state index is 0. The van der Waals surface area contributed by atoms with Gasteiger partial charge in [0.25, 0.3) is 5.92 Å². The van der Waals surface area contributed by atoms with Gasteiger partial charge in [-0.15, -0.1) is 0 Å². The maximum absolute atomic E-state index is 13.2. The van der Waals surface area contributed by atoms with Gasteiger partial charge in [0.05, 0.1) is 5.69 Å². The fourth-order valence-corrected chi connectivity index (χ4v) is 5.21. The van der Waals surface area contributed by atoms with E-state index in [1.165, 1.54) is 30.3 Å². The van der Waals surface area contributed by atoms with E-state index in [-0.39, 0.29) is 45.4 Å². The molecule has 0 bridgehead atoms. The molecule has 43 heavy (non-hydrogen) atoms. The number of aromatic nitrogens is 3. The number of nitrogens with zero attached hydrogens (tertiary/aromatic N) is 3. The Balaban J connectivity index is 0.000000719. The number of piperidine rings is 1. The second kappa shape index (κ2) is 15.1. The molecule has 1 saturated carbocycles. The summed E-state index contributed by atoms with van der Waals surface area (Å²) in [7, 11) is 0. The lowest BCUT2D eigenvalue weighted by Gasteiger charge is -2.30. The molecule has 1 unspecified atom stereocenters. The Morgan fingerprint density at radius 1 is 1.14 bits per heavy atom. The van der Waals surface area contributed by atoms with Gasteiger partial charge in [0.15, 0.2) is 0 Å². The molecule has 3 aromatic rings. The maximum atomic E-state index is 13.2. The number of ketones is 1. The van der Waals surface area contributed by atoms with Crippen molar-refractivity contribution >= 4 is 17.5 Å². The number of alkyl halides is 2. The van der Waals surface area contributed by atoms with Crippen LogP contribution in [0.5, 0.6) is 0 Å². The summed E-state index contributed by atoms with van der Waals surface area (Å²) in [5.41, 5.74) is 5.26. The highest BCUT2D eigenvalue weighted by Crippen LogP contribution is 2.38. The number of carbonyl (C=O) groups is 2. The van der Waals surface area contributed by atoms with E-state index >= 15 is 0 Å². The Morgan fingerprint density at radius 3 is 2.42 bits per heavy atom. The summed E-state index contributed by atoms with van der Waals surface area (Å²) in [6.45, 7) is 8.86. The Kier molecular flexibility index (Phi) is 11.9. The fourth-order valence-electron chi connectivity index (χ4n) is 5.21. The molecule has 1 atom stereocenters. The van der Waals surface area contributed by atoms with Crippen molar-refractivity contribution in [3.63, 3.8) is 0 Å². The predicted octanol–water partition coefficient (Wildman–Crippen LogP) is 7.55. The number of benzene rings is 1. The van der Waals surface area contributed by atoms with E-state index in [2.05, 4.69) is 26.6 Å². The molecule has 2 aliphatic rings. The number of carbonyl (C=O) groups excluding carboxylic acids is 2. The number of nitrogens with one attached hydrogen (secondary N) is 2. The molecule has 5 N–H and O–H groups in total. The lowest BCUT2D eigenvalue weighted by molar-refractivity contribution is -0.119. The van der Waals surface area contributed by atoms with Gasteiger partial charge in [-0.25, -0.2) is 13.8 Å². The number of H-pyrrole nitrogens is 1. The van der Waals surface area contributed by atoms with E-state index in [1.807, 2.05) is 56.0 Å². The largest absolute Gasteiger partial charge is 0.344 e. The normalized spacial score (nSPS) is 17.1. The molecule has 2 aromatic heterocycles. The van der Waals surface area contributed by atoms with E-state index in [0.717, 1.165) is 22.6 Å². The Labute approximate surface area is 255 Å². The van der Waals surface area contributed by atoms with Crippen LogP contribution in [0.4, 0.5) is 14.6 Å². The maximum Gasteiger partial charge on any atom is 0.250 e. The lowest BCUT2D eigenvalue weighted by atomic mass is 9.84. The first-order valence-electron chi connectivity index (χ1n) is 14.7. The summed E-state index contributed by atoms with van der Waals surface area (Å²) < 4.78 is 26.4. The van der Waals surface area contributed by atoms with E-state index in [0.29, 0.717) is 25.5 Å². The van der Waals surface area contributed by atoms with Gasteiger partial charge < -0.3 is 11.5 Å². The molecule has 236 valence electrons. The quantitative estimate of drug-likeness (QED) is 0.218. The number of pyridine rings is 1. The number of amides is 1. The molecular formula is C33H48F2N6O2. The van der Waals surface area contributed by atoms with E-state index in [4.69, 9.17) is 0 Å². The van der Waals surface area contributed by atoms with Crippen molar-refractivity contribution in [1.29, 1.82) is 0 Å². The van der Waals surface area contributed by atoms with Gasteiger partial charge in [-0.1, -0.05) is 44.2 Å². The predicted molar refractivity (Wildman–Crippen MR) is 171 cm³/mol. The summed E-state index contributed by atoms with van der Waals surface area (Å²) in [6.07, 6.45) is 7.16. The number of aryl methyl sites for hydroxylation is 1. The molecule has 10 heteroatoms. The number of rotatable bonds is 9. The van der Waals surface area contributed by atoms with E-state index in [1.54, 1.807) is 25.3 Å². The van der Waals surface area contributed by atoms with Gasteiger partial charge >= 0.3 is 0 Å². The van der Waals surface area contributed by atoms with Crippen molar-refractivity contribution in [1.82, 2.24) is 26.2 Å². The molecule has 2 fully saturated rings. The standard InChI is InChI=1S/C26H31F2N3O2.C7H10N2.H3N.2H2/c1-18(2)25(19(3)32)21-7-4-6-20(16-21)22-9-10-23(29-17-22)30-24(33)8-5-13-31-14-11-26(27,28)12-15-31;1-5-4-7(9-8-5)6-2-3-6;;;/h4-10,16-18,25H,11-15H2,1-3H3,(H,29,30,33);4,6H,2-3H2,1H3,(H,8,9);1H3;2*1H/b8-5+;;;;. The molecule has 0 spiro atoms. The number of halogens is 2. The minimum atomic E-state index is -2.57. The Bertz CT molecular complexity index is 1380. The number of anilines is 1. The van der Waals surface area contributed by atoms with Gasteiger partial charge in [-0.3, -0.25) is 19.6 Å². The fraction of sp³-hybridized carbons (Fsp3) is 0.455. The topological polar surface area (TPSA) is 126 Å². The first-order chi connectivity index (χ1) is 20.0. The minimum Gasteiger partial charge on any atom is -0.344 e. The van der Waals surface area contributed by atoms with Gasteiger partial charge in [0, 0.05) is 70.7 Å². The molecule has 1 amide bonds. The van der Waals surface area contributed by atoms with E-state index < -0.39 is 5.92 Å². The summed E-state index contributed by atoms with van der Waals surface area (Å²) in [5.74, 6) is -1.48. The van der Waals surface area contributed by atoms with Crippen LogP contribution < -0.4 is 11.5 Å². The van der Waals surface area contributed by atoms with Crippen molar-refractivity contribution in [2.45, 2.75) is 71.1 Å². The summed E-state index contributed by atoms with van der Waals surface area (Å²) in [4.78, 5) is 30.5. The van der Waals surface area contributed by atoms with Gasteiger partial charge in [0.2, 0.25) is 5.91 Å². The van der Waals surface area contributed by atoms with Crippen LogP contribution in [-0.2, 0) is 9.59 Å². The van der Waals surface area contributed by atoms with Crippen LogP contribution in [0.2, 0.25) is 0 Å². The van der Waals surface area contributed by atoms with Crippen molar-refractivity contribution in [2.24, 2.45) is 5.92 Å². The number of likely N-dealkylation sites (tertiary alicyclic amines) is 1. The molecule has 3 heterocycles. The molecule has 8 nitrogen and oxygen atoms in total. The van der Waals surface area contributed by atoms with Crippen molar-refractivity contribution in [3.8, 4) is 11.1 Å². The number of aromatic amines is 1. The zero-order valence-corrected chi connectivity index (χ0v) is 25.6. The monoisotopic (exact) mass is 598 g/mol. The second-order valence-electron chi connectivity index (χ2n) is 11.7. The van der Waals surface area contributed by atoms with Crippen LogP contribution in [0.1, 0.15) is 78.1 Å². The molecule has 1 saturated heterocycles. The zero-order valence-electron chi connectivity index (χ0n) is 25.6. The molecule has 5 rings (SSSR count). The van der Waals surface area contributed by atoms with Crippen molar-refractivity contribution in [2.75, 3.05) is 25.0 Å². The second-order valence-corrected chi connectivity index (χ2v) is 11.7. The molecule has 0 radical (unpaired) electrons. The Hall–Kier alpha value is -3.76. The van der Waals surface area contributed by atoms with Crippen LogP contribution >= 0.6 is 0 Å². The highest BCUT2D eigenvalue weighted by atomic mass is 19.3. The van der Waals surface area contributed by atoms with Crippen molar-refractivity contribution < 1.29 is 21.2 Å². The van der Waals surface area contributed by atoms with Crippen molar-refractivity contribution in [3.05, 3.63) is 77.8 Å². The van der Waals surface area contributed by atoms with Crippen LogP contribution in [0.25, 0.3) is 11.1 Å². The molecule has 1 aromatic carbocycles. The third-order valence-corrected chi connectivity index (χ3v) is 7.64. The van der Waals surface area contributed by atoms with Gasteiger partial charge in [0.1, 0.15) is 11.6 Å². The van der Waals surface area contributed by atoms with Crippen LogP contribution in [0.15, 0.2) is 60.8 Å². The van der Waals surface area contributed by atoms with Gasteiger partial charge in [-0.05, 0) is 61.9 Å². The van der Waals surface area contributed by atoms with Crippen LogP contribution in [0, 0.1) is 12.8 Å². The number of hydrogen-bond acceptors (Lipinski definition) is 6. The zero-order chi connectivity index (χ0) is 30.3. The summed E-state index contributed by atoms with van der Waals surface area (Å²) in [6, 6.07) is 13.6.